The van der Waals surface area contributed by atoms with Gasteiger partial charge in [-0.3, -0.25) is 20.3 Å². The zero-order valence-electron chi connectivity index (χ0n) is 17.1. The zero-order valence-corrected chi connectivity index (χ0v) is 17.1. The molecule has 4 N–H and O–H groups in total. The number of ether oxygens (including phenoxy) is 2. The molecule has 3 rings (SSSR count). The fourth-order valence-corrected chi connectivity index (χ4v) is 2.81. The topological polar surface area (TPSA) is 141 Å². The van der Waals surface area contributed by atoms with Crippen molar-refractivity contribution in [1.29, 1.82) is 5.41 Å². The lowest BCUT2D eigenvalue weighted by atomic mass is 10.2. The lowest BCUT2D eigenvalue weighted by molar-refractivity contribution is -0.384. The second kappa shape index (κ2) is 10.6. The molecule has 0 aliphatic carbocycles. The number of amidine groups is 1. The van der Waals surface area contributed by atoms with Gasteiger partial charge in [-0.2, -0.15) is 0 Å². The van der Waals surface area contributed by atoms with Gasteiger partial charge in [0.2, 0.25) is 0 Å². The van der Waals surface area contributed by atoms with Crippen molar-refractivity contribution in [3.8, 4) is 11.5 Å². The van der Waals surface area contributed by atoms with Crippen LogP contribution < -0.4 is 20.5 Å². The lowest BCUT2D eigenvalue weighted by Gasteiger charge is -2.13. The number of nitro groups is 1. The van der Waals surface area contributed by atoms with Crippen LogP contribution in [0.25, 0.3) is 0 Å². The Hall–Kier alpha value is -4.40. The van der Waals surface area contributed by atoms with E-state index in [1.54, 1.807) is 48.5 Å². The number of carbonyl (C=O) groups excluding carboxylic acids is 1. The van der Waals surface area contributed by atoms with E-state index in [4.69, 9.17) is 20.6 Å². The normalized spacial score (nSPS) is 10.2. The monoisotopic (exact) mass is 434 g/mol. The maximum atomic E-state index is 12.5. The molecule has 9 heteroatoms. The van der Waals surface area contributed by atoms with Gasteiger partial charge in [-0.05, 0) is 36.4 Å². The molecule has 0 bridgehead atoms. The van der Waals surface area contributed by atoms with Crippen molar-refractivity contribution in [2.24, 2.45) is 5.73 Å². The Bertz CT molecular complexity index is 1120. The zero-order chi connectivity index (χ0) is 22.9. The van der Waals surface area contributed by atoms with Gasteiger partial charge in [-0.1, -0.05) is 24.3 Å². The predicted octanol–water partition coefficient (Wildman–Crippen LogP) is 3.98. The number of rotatable bonds is 10. The maximum absolute atomic E-state index is 12.5. The van der Waals surface area contributed by atoms with Crippen LogP contribution in [0.3, 0.4) is 0 Å². The SMILES string of the molecule is N=C(N)c1cccc(OCCCOc2ccccc2NC(=O)c2ccc([N+](=O)[O-])cc2)c1. The van der Waals surface area contributed by atoms with Crippen molar-refractivity contribution in [2.75, 3.05) is 18.5 Å². The van der Waals surface area contributed by atoms with E-state index in [0.29, 0.717) is 47.9 Å². The number of non-ortho nitro benzene ring substituents is 1. The van der Waals surface area contributed by atoms with Crippen molar-refractivity contribution in [3.63, 3.8) is 0 Å². The molecule has 0 radical (unpaired) electrons. The molecule has 3 aromatic carbocycles. The molecule has 32 heavy (non-hydrogen) atoms. The fourth-order valence-electron chi connectivity index (χ4n) is 2.81. The summed E-state index contributed by atoms with van der Waals surface area (Å²) in [6.45, 7) is 0.759. The standard InChI is InChI=1S/C23H22N4O5/c24-22(25)17-5-3-6-19(15-17)31-13-4-14-32-21-8-2-1-7-20(21)26-23(28)16-9-11-18(12-10-16)27(29)30/h1-3,5-12,15H,4,13-14H2,(H3,24,25)(H,26,28). The third kappa shape index (κ3) is 6.05. The largest absolute Gasteiger partial charge is 0.493 e. The molecule has 164 valence electrons. The van der Waals surface area contributed by atoms with E-state index < -0.39 is 10.8 Å². The average molecular weight is 434 g/mol. The average Bonchev–Trinajstić information content (AvgIpc) is 2.80. The summed E-state index contributed by atoms with van der Waals surface area (Å²) in [4.78, 5) is 22.7. The summed E-state index contributed by atoms with van der Waals surface area (Å²) >= 11 is 0. The van der Waals surface area contributed by atoms with Gasteiger partial charge in [0.05, 0.1) is 23.8 Å². The van der Waals surface area contributed by atoms with Crippen LogP contribution in [-0.2, 0) is 0 Å². The number of hydrogen-bond donors (Lipinski definition) is 3. The predicted molar refractivity (Wildman–Crippen MR) is 121 cm³/mol. The number of anilines is 1. The summed E-state index contributed by atoms with van der Waals surface area (Å²) in [7, 11) is 0. The van der Waals surface area contributed by atoms with Crippen LogP contribution in [0.1, 0.15) is 22.3 Å². The smallest absolute Gasteiger partial charge is 0.269 e. The van der Waals surface area contributed by atoms with Gasteiger partial charge in [0.25, 0.3) is 11.6 Å². The maximum Gasteiger partial charge on any atom is 0.269 e. The lowest BCUT2D eigenvalue weighted by Crippen LogP contribution is -2.13. The van der Waals surface area contributed by atoms with E-state index in [9.17, 15) is 14.9 Å². The minimum absolute atomic E-state index is 0.0221. The molecule has 0 aliphatic heterocycles. The van der Waals surface area contributed by atoms with E-state index in [1.807, 2.05) is 0 Å². The molecule has 3 aromatic rings. The molecule has 0 atom stereocenters. The molecule has 0 aliphatic rings. The highest BCUT2D eigenvalue weighted by molar-refractivity contribution is 6.05. The fraction of sp³-hybridized carbons (Fsp3) is 0.130. The number of amides is 1. The van der Waals surface area contributed by atoms with Crippen LogP contribution >= 0.6 is 0 Å². The minimum Gasteiger partial charge on any atom is -0.493 e. The van der Waals surface area contributed by atoms with Gasteiger partial charge in [0.15, 0.2) is 0 Å². The van der Waals surface area contributed by atoms with E-state index >= 15 is 0 Å². The number of nitro benzene ring substituents is 1. The molecule has 0 heterocycles. The Labute approximate surface area is 184 Å². The Morgan fingerprint density at radius 3 is 2.41 bits per heavy atom. The van der Waals surface area contributed by atoms with Gasteiger partial charge in [0.1, 0.15) is 17.3 Å². The van der Waals surface area contributed by atoms with Gasteiger partial charge in [-0.25, -0.2) is 0 Å². The van der Waals surface area contributed by atoms with E-state index in [2.05, 4.69) is 5.32 Å². The Balaban J connectivity index is 1.51. The highest BCUT2D eigenvalue weighted by Crippen LogP contribution is 2.25. The number of carbonyl (C=O) groups is 1. The number of hydrogen-bond acceptors (Lipinski definition) is 6. The van der Waals surface area contributed by atoms with Crippen molar-refractivity contribution in [1.82, 2.24) is 0 Å². The Kier molecular flexibility index (Phi) is 7.37. The van der Waals surface area contributed by atoms with Gasteiger partial charge in [0, 0.05) is 29.7 Å². The minimum atomic E-state index is -0.519. The molecule has 0 saturated heterocycles. The van der Waals surface area contributed by atoms with Crippen molar-refractivity contribution in [2.45, 2.75) is 6.42 Å². The second-order valence-corrected chi connectivity index (χ2v) is 6.75. The molecular formula is C23H22N4O5. The molecule has 0 unspecified atom stereocenters. The van der Waals surface area contributed by atoms with Crippen LogP contribution in [0, 0.1) is 15.5 Å². The third-order valence-electron chi connectivity index (χ3n) is 4.44. The molecule has 0 saturated carbocycles. The summed E-state index contributed by atoms with van der Waals surface area (Å²) < 4.78 is 11.5. The van der Waals surface area contributed by atoms with E-state index in [1.165, 1.54) is 24.3 Å². The highest BCUT2D eigenvalue weighted by atomic mass is 16.6. The van der Waals surface area contributed by atoms with Crippen molar-refractivity contribution < 1.29 is 19.2 Å². The highest BCUT2D eigenvalue weighted by Gasteiger charge is 2.12. The van der Waals surface area contributed by atoms with Crippen LogP contribution in [0.4, 0.5) is 11.4 Å². The van der Waals surface area contributed by atoms with Crippen LogP contribution in [0.2, 0.25) is 0 Å². The first kappa shape index (κ1) is 22.3. The molecule has 0 fully saturated rings. The van der Waals surface area contributed by atoms with Crippen LogP contribution in [0.15, 0.2) is 72.8 Å². The van der Waals surface area contributed by atoms with Gasteiger partial charge >= 0.3 is 0 Å². The molecule has 9 nitrogen and oxygen atoms in total. The van der Waals surface area contributed by atoms with E-state index in [0.717, 1.165) is 0 Å². The van der Waals surface area contributed by atoms with Crippen molar-refractivity contribution in [3.05, 3.63) is 94.0 Å². The number of nitrogens with one attached hydrogen (secondary N) is 2. The summed E-state index contributed by atoms with van der Waals surface area (Å²) in [5, 5.41) is 21.0. The number of nitrogens with two attached hydrogens (primary N) is 1. The third-order valence-corrected chi connectivity index (χ3v) is 4.44. The molecule has 0 aromatic heterocycles. The van der Waals surface area contributed by atoms with Crippen LogP contribution in [0.5, 0.6) is 11.5 Å². The first-order chi connectivity index (χ1) is 15.4. The summed E-state index contributed by atoms with van der Waals surface area (Å²) in [5.74, 6) is 0.700. The second-order valence-electron chi connectivity index (χ2n) is 6.75. The first-order valence-corrected chi connectivity index (χ1v) is 9.79. The number of nitrogens with zero attached hydrogens (tertiary/aromatic N) is 1. The summed E-state index contributed by atoms with van der Waals surface area (Å²) in [6, 6.07) is 19.4. The number of nitrogen functional groups attached to an aromatic ring is 1. The Morgan fingerprint density at radius 1 is 0.969 bits per heavy atom. The Morgan fingerprint density at radius 2 is 1.69 bits per heavy atom. The van der Waals surface area contributed by atoms with Crippen LogP contribution in [-0.4, -0.2) is 29.9 Å². The van der Waals surface area contributed by atoms with Crippen molar-refractivity contribution >= 4 is 23.1 Å². The summed E-state index contributed by atoms with van der Waals surface area (Å²) in [5.41, 5.74) is 6.78. The van der Waals surface area contributed by atoms with Gasteiger partial charge in [-0.15, -0.1) is 0 Å². The molecule has 1 amide bonds. The molecule has 0 spiro atoms. The van der Waals surface area contributed by atoms with Gasteiger partial charge < -0.3 is 20.5 Å². The number of para-hydroxylation sites is 2. The number of benzene rings is 3. The first-order valence-electron chi connectivity index (χ1n) is 9.79. The summed E-state index contributed by atoms with van der Waals surface area (Å²) in [6.07, 6.45) is 0.592. The quantitative estimate of drug-likeness (QED) is 0.145. The molecular weight excluding hydrogens is 412 g/mol. The van der Waals surface area contributed by atoms with E-state index in [-0.39, 0.29) is 11.5 Å².